The smallest absolute Gasteiger partial charge is 0.306 e. The zero-order valence-electron chi connectivity index (χ0n) is 35.5. The SMILES string of the molecule is CC/C=C\C/C=C\C/C=C\CCCCCC(=O)OCC(COCCCCCCCCCCCCCC)OC(=O)CCCCC/C=C\C/C=C\C/C=C\CC. The van der Waals surface area contributed by atoms with Crippen LogP contribution in [-0.2, 0) is 23.8 Å². The van der Waals surface area contributed by atoms with Crippen molar-refractivity contribution in [3.63, 3.8) is 0 Å². The second-order valence-corrected chi connectivity index (χ2v) is 14.5. The number of allylic oxidation sites excluding steroid dienone is 12. The van der Waals surface area contributed by atoms with Crippen LogP contribution in [-0.4, -0.2) is 37.9 Å². The summed E-state index contributed by atoms with van der Waals surface area (Å²) >= 11 is 0. The van der Waals surface area contributed by atoms with Crippen molar-refractivity contribution in [1.82, 2.24) is 0 Å². The van der Waals surface area contributed by atoms with Crippen LogP contribution in [0.25, 0.3) is 0 Å². The fraction of sp³-hybridized carbons (Fsp3) is 0.714. The molecule has 0 aliphatic rings. The Bertz CT molecular complexity index is 988. The highest BCUT2D eigenvalue weighted by Gasteiger charge is 2.17. The molecule has 310 valence electrons. The molecule has 0 heterocycles. The Kier molecular flexibility index (Phi) is 42.5. The van der Waals surface area contributed by atoms with Crippen molar-refractivity contribution in [2.45, 2.75) is 207 Å². The Morgan fingerprint density at radius 2 is 0.833 bits per heavy atom. The monoisotopic (exact) mass is 753 g/mol. The van der Waals surface area contributed by atoms with Crippen molar-refractivity contribution in [3.8, 4) is 0 Å². The molecule has 0 N–H and O–H groups in total. The van der Waals surface area contributed by atoms with Gasteiger partial charge in [-0.3, -0.25) is 9.59 Å². The number of carbonyl (C=O) groups is 2. The van der Waals surface area contributed by atoms with Gasteiger partial charge in [0.05, 0.1) is 6.61 Å². The minimum absolute atomic E-state index is 0.0572. The van der Waals surface area contributed by atoms with E-state index in [9.17, 15) is 9.59 Å². The Morgan fingerprint density at radius 3 is 1.31 bits per heavy atom. The van der Waals surface area contributed by atoms with E-state index in [1.807, 2.05) is 0 Å². The zero-order valence-corrected chi connectivity index (χ0v) is 35.5. The fourth-order valence-electron chi connectivity index (χ4n) is 5.95. The highest BCUT2D eigenvalue weighted by atomic mass is 16.6. The summed E-state index contributed by atoms with van der Waals surface area (Å²) in [6.07, 6.45) is 56.1. The molecule has 0 saturated heterocycles. The largest absolute Gasteiger partial charge is 0.462 e. The van der Waals surface area contributed by atoms with Crippen LogP contribution >= 0.6 is 0 Å². The molecule has 5 heteroatoms. The Morgan fingerprint density at radius 1 is 0.426 bits per heavy atom. The molecule has 0 bridgehead atoms. The normalized spacial score (nSPS) is 12.9. The van der Waals surface area contributed by atoms with Crippen molar-refractivity contribution >= 4 is 11.9 Å². The van der Waals surface area contributed by atoms with Crippen molar-refractivity contribution < 1.29 is 23.8 Å². The number of ether oxygens (including phenoxy) is 3. The fourth-order valence-corrected chi connectivity index (χ4v) is 5.95. The summed E-state index contributed by atoms with van der Waals surface area (Å²) in [5.41, 5.74) is 0. The standard InChI is InChI=1S/C49H84O5/c1-4-7-10-13-16-19-22-25-27-30-33-36-39-42-48(50)53-46-47(45-52-44-41-38-35-32-29-24-21-18-15-12-9-6-3)54-49(51)43-40-37-34-31-28-26-23-20-17-14-11-8-5-2/h7-8,10-11,16-17,19-20,25-28,47H,4-6,9,12-15,18,21-24,29-46H2,1-3H3/b10-7-,11-8-,19-16-,20-17-,27-25-,28-26-. The Balaban J connectivity index is 4.36. The molecule has 5 nitrogen and oxygen atoms in total. The number of esters is 2. The van der Waals surface area contributed by atoms with E-state index in [0.717, 1.165) is 103 Å². The molecule has 0 aromatic rings. The first-order chi connectivity index (χ1) is 26.6. The average molecular weight is 753 g/mol. The summed E-state index contributed by atoms with van der Waals surface area (Å²) in [6, 6.07) is 0. The van der Waals surface area contributed by atoms with Gasteiger partial charge in [-0.2, -0.15) is 0 Å². The summed E-state index contributed by atoms with van der Waals surface area (Å²) in [7, 11) is 0. The first kappa shape index (κ1) is 51.3. The Labute approximate surface area is 334 Å². The second-order valence-electron chi connectivity index (χ2n) is 14.5. The number of carbonyl (C=O) groups excluding carboxylic acids is 2. The van der Waals surface area contributed by atoms with E-state index in [-0.39, 0.29) is 25.2 Å². The molecule has 0 spiro atoms. The molecule has 0 saturated carbocycles. The highest BCUT2D eigenvalue weighted by molar-refractivity contribution is 5.70. The molecule has 0 aromatic carbocycles. The number of unbranched alkanes of at least 4 members (excludes halogenated alkanes) is 17. The van der Waals surface area contributed by atoms with E-state index in [1.54, 1.807) is 0 Å². The van der Waals surface area contributed by atoms with E-state index in [4.69, 9.17) is 14.2 Å². The molecule has 1 unspecified atom stereocenters. The van der Waals surface area contributed by atoms with Crippen molar-refractivity contribution in [2.75, 3.05) is 19.8 Å². The second kappa shape index (κ2) is 44.7. The molecule has 0 radical (unpaired) electrons. The van der Waals surface area contributed by atoms with Crippen LogP contribution < -0.4 is 0 Å². The summed E-state index contributed by atoms with van der Waals surface area (Å²) in [4.78, 5) is 25.2. The van der Waals surface area contributed by atoms with Gasteiger partial charge in [0.2, 0.25) is 0 Å². The molecule has 0 aliphatic heterocycles. The lowest BCUT2D eigenvalue weighted by Crippen LogP contribution is -2.30. The molecule has 0 amide bonds. The van der Waals surface area contributed by atoms with Crippen molar-refractivity contribution in [1.29, 1.82) is 0 Å². The third-order valence-electron chi connectivity index (χ3n) is 9.24. The molecular weight excluding hydrogens is 669 g/mol. The Hall–Kier alpha value is -2.66. The van der Waals surface area contributed by atoms with Crippen LogP contribution in [0.3, 0.4) is 0 Å². The maximum atomic E-state index is 12.7. The average Bonchev–Trinajstić information content (AvgIpc) is 3.17. The lowest BCUT2D eigenvalue weighted by molar-refractivity contribution is -0.163. The topological polar surface area (TPSA) is 61.8 Å². The predicted octanol–water partition coefficient (Wildman–Crippen LogP) is 14.8. The van der Waals surface area contributed by atoms with E-state index in [1.165, 1.54) is 64.2 Å². The van der Waals surface area contributed by atoms with Gasteiger partial charge in [0.1, 0.15) is 6.61 Å². The van der Waals surface area contributed by atoms with Crippen LogP contribution in [0, 0.1) is 0 Å². The van der Waals surface area contributed by atoms with Gasteiger partial charge in [-0.1, -0.05) is 177 Å². The molecule has 54 heavy (non-hydrogen) atoms. The maximum Gasteiger partial charge on any atom is 0.306 e. The van der Waals surface area contributed by atoms with E-state index >= 15 is 0 Å². The maximum absolute atomic E-state index is 12.7. The van der Waals surface area contributed by atoms with Gasteiger partial charge >= 0.3 is 11.9 Å². The minimum atomic E-state index is -0.561. The van der Waals surface area contributed by atoms with E-state index in [2.05, 4.69) is 93.7 Å². The first-order valence-corrected chi connectivity index (χ1v) is 22.5. The van der Waals surface area contributed by atoms with E-state index in [0.29, 0.717) is 19.4 Å². The van der Waals surface area contributed by atoms with Gasteiger partial charge in [0.25, 0.3) is 0 Å². The molecular formula is C49H84O5. The number of hydrogen-bond acceptors (Lipinski definition) is 5. The van der Waals surface area contributed by atoms with Gasteiger partial charge < -0.3 is 14.2 Å². The van der Waals surface area contributed by atoms with Crippen LogP contribution in [0.15, 0.2) is 72.9 Å². The minimum Gasteiger partial charge on any atom is -0.462 e. The molecule has 0 aliphatic carbocycles. The zero-order chi connectivity index (χ0) is 39.3. The van der Waals surface area contributed by atoms with Crippen LogP contribution in [0.4, 0.5) is 0 Å². The van der Waals surface area contributed by atoms with Gasteiger partial charge in [-0.25, -0.2) is 0 Å². The van der Waals surface area contributed by atoms with Gasteiger partial charge in [-0.05, 0) is 83.5 Å². The van der Waals surface area contributed by atoms with Crippen LogP contribution in [0.1, 0.15) is 201 Å². The summed E-state index contributed by atoms with van der Waals surface area (Å²) < 4.78 is 17.3. The van der Waals surface area contributed by atoms with Crippen molar-refractivity contribution in [3.05, 3.63) is 72.9 Å². The molecule has 1 atom stereocenters. The summed E-state index contributed by atoms with van der Waals surface area (Å²) in [6.45, 7) is 7.53. The van der Waals surface area contributed by atoms with E-state index < -0.39 is 6.10 Å². The first-order valence-electron chi connectivity index (χ1n) is 22.5. The van der Waals surface area contributed by atoms with Gasteiger partial charge in [0, 0.05) is 19.4 Å². The molecule has 0 aromatic heterocycles. The summed E-state index contributed by atoms with van der Waals surface area (Å²) in [5.74, 6) is -0.466. The lowest BCUT2D eigenvalue weighted by Gasteiger charge is -2.18. The number of rotatable bonds is 40. The van der Waals surface area contributed by atoms with Crippen LogP contribution in [0.2, 0.25) is 0 Å². The van der Waals surface area contributed by atoms with Crippen LogP contribution in [0.5, 0.6) is 0 Å². The van der Waals surface area contributed by atoms with Gasteiger partial charge in [-0.15, -0.1) is 0 Å². The lowest BCUT2D eigenvalue weighted by atomic mass is 10.1. The van der Waals surface area contributed by atoms with Crippen molar-refractivity contribution in [2.24, 2.45) is 0 Å². The molecule has 0 fully saturated rings. The third kappa shape index (κ3) is 42.1. The quantitative estimate of drug-likeness (QED) is 0.0354. The van der Waals surface area contributed by atoms with Gasteiger partial charge in [0.15, 0.2) is 6.10 Å². The number of hydrogen-bond donors (Lipinski definition) is 0. The summed E-state index contributed by atoms with van der Waals surface area (Å²) in [5, 5.41) is 0. The predicted molar refractivity (Wildman–Crippen MR) is 233 cm³/mol. The third-order valence-corrected chi connectivity index (χ3v) is 9.24. The molecule has 0 rings (SSSR count). The highest BCUT2D eigenvalue weighted by Crippen LogP contribution is 2.13.